The molecule has 0 aliphatic rings. The summed E-state index contributed by atoms with van der Waals surface area (Å²) < 4.78 is 35.0. The molecule has 0 fully saturated rings. The summed E-state index contributed by atoms with van der Waals surface area (Å²) in [4.78, 5) is 13.4. The van der Waals surface area contributed by atoms with E-state index in [0.717, 1.165) is 35.4 Å². The van der Waals surface area contributed by atoms with E-state index in [9.17, 15) is 13.2 Å². The summed E-state index contributed by atoms with van der Waals surface area (Å²) in [5.74, 6) is 1.21. The Bertz CT molecular complexity index is 1930. The SMILES string of the molecule is CCn1c(CCCc2ccc(-c3ccc(OC)c(CS(=O)(=O)c4ccccc4)c3)cc2)nn(Cc2ccc(C(C)(C)C)cc2)c1=O. The molecule has 0 saturated heterocycles. The molecule has 0 radical (unpaired) electrons. The molecule has 0 bridgehead atoms. The molecule has 0 aliphatic carbocycles. The Morgan fingerprint density at radius 2 is 1.46 bits per heavy atom. The van der Waals surface area contributed by atoms with E-state index < -0.39 is 9.84 Å². The molecule has 0 unspecified atom stereocenters. The quantitative estimate of drug-likeness (QED) is 0.144. The lowest BCUT2D eigenvalue weighted by Gasteiger charge is -2.19. The molecule has 0 amide bonds. The maximum atomic E-state index is 13.1. The lowest BCUT2D eigenvalue weighted by Crippen LogP contribution is -2.25. The van der Waals surface area contributed by atoms with Gasteiger partial charge in [-0.05, 0) is 77.3 Å². The predicted octanol–water partition coefficient (Wildman–Crippen LogP) is 7.24. The zero-order chi connectivity index (χ0) is 32.9. The molecular weight excluding hydrogens is 595 g/mol. The van der Waals surface area contributed by atoms with Crippen molar-refractivity contribution in [3.05, 3.63) is 136 Å². The van der Waals surface area contributed by atoms with Gasteiger partial charge in [-0.25, -0.2) is 17.9 Å². The number of aryl methyl sites for hydroxylation is 2. The minimum absolute atomic E-state index is 0.0721. The lowest BCUT2D eigenvalue weighted by atomic mass is 9.87. The average Bonchev–Trinajstić information content (AvgIpc) is 3.34. The van der Waals surface area contributed by atoms with Crippen LogP contribution in [0, 0.1) is 0 Å². The summed E-state index contributed by atoms with van der Waals surface area (Å²) in [7, 11) is -1.97. The van der Waals surface area contributed by atoms with Gasteiger partial charge in [-0.15, -0.1) is 0 Å². The minimum atomic E-state index is -3.52. The first-order valence-corrected chi connectivity index (χ1v) is 17.4. The molecular formula is C38H43N3O4S. The number of methoxy groups -OCH3 is 1. The fourth-order valence-electron chi connectivity index (χ4n) is 5.68. The zero-order valence-corrected chi connectivity index (χ0v) is 28.2. The van der Waals surface area contributed by atoms with Gasteiger partial charge in [0.2, 0.25) is 0 Å². The van der Waals surface area contributed by atoms with Crippen LogP contribution in [-0.4, -0.2) is 29.9 Å². The van der Waals surface area contributed by atoms with Gasteiger partial charge in [-0.3, -0.25) is 4.57 Å². The first kappa shape index (κ1) is 32.9. The Morgan fingerprint density at radius 1 is 0.804 bits per heavy atom. The summed E-state index contributed by atoms with van der Waals surface area (Å²) in [6, 6.07) is 30.9. The molecule has 0 atom stereocenters. The Hall–Kier alpha value is -4.43. The van der Waals surface area contributed by atoms with Gasteiger partial charge in [0.1, 0.15) is 11.6 Å². The van der Waals surface area contributed by atoms with Gasteiger partial charge >= 0.3 is 5.69 Å². The average molecular weight is 638 g/mol. The highest BCUT2D eigenvalue weighted by atomic mass is 32.2. The van der Waals surface area contributed by atoms with Gasteiger partial charge in [0.15, 0.2) is 9.84 Å². The van der Waals surface area contributed by atoms with E-state index >= 15 is 0 Å². The van der Waals surface area contributed by atoms with Crippen LogP contribution in [0.15, 0.2) is 107 Å². The number of sulfone groups is 1. The van der Waals surface area contributed by atoms with Crippen LogP contribution in [-0.2, 0) is 46.9 Å². The molecule has 4 aromatic carbocycles. The molecule has 0 aliphatic heterocycles. The predicted molar refractivity (Wildman–Crippen MR) is 184 cm³/mol. The molecule has 240 valence electrons. The van der Waals surface area contributed by atoms with Crippen LogP contribution >= 0.6 is 0 Å². The Labute approximate surface area is 272 Å². The number of nitrogens with zero attached hydrogens (tertiary/aromatic N) is 3. The van der Waals surface area contributed by atoms with Crippen molar-refractivity contribution in [2.24, 2.45) is 0 Å². The van der Waals surface area contributed by atoms with Crippen LogP contribution in [0.1, 0.15) is 62.2 Å². The molecule has 7 nitrogen and oxygen atoms in total. The largest absolute Gasteiger partial charge is 0.496 e. The van der Waals surface area contributed by atoms with Crippen molar-refractivity contribution in [2.75, 3.05) is 7.11 Å². The van der Waals surface area contributed by atoms with Crippen molar-refractivity contribution in [2.45, 2.75) is 76.1 Å². The molecule has 8 heteroatoms. The smallest absolute Gasteiger partial charge is 0.346 e. The molecule has 46 heavy (non-hydrogen) atoms. The monoisotopic (exact) mass is 637 g/mol. The third kappa shape index (κ3) is 7.68. The van der Waals surface area contributed by atoms with Gasteiger partial charge in [0, 0.05) is 18.5 Å². The molecule has 1 heterocycles. The van der Waals surface area contributed by atoms with Crippen LogP contribution in [0.25, 0.3) is 11.1 Å². The van der Waals surface area contributed by atoms with E-state index in [1.165, 1.54) is 11.1 Å². The van der Waals surface area contributed by atoms with Crippen LogP contribution < -0.4 is 10.4 Å². The second-order valence-electron chi connectivity index (χ2n) is 12.7. The first-order chi connectivity index (χ1) is 22.0. The number of ether oxygens (including phenoxy) is 1. The third-order valence-corrected chi connectivity index (χ3v) is 10.0. The number of aromatic nitrogens is 3. The van der Waals surface area contributed by atoms with Gasteiger partial charge in [0.05, 0.1) is 24.3 Å². The number of benzene rings is 4. The summed E-state index contributed by atoms with van der Waals surface area (Å²) in [5.41, 5.74) is 6.07. The second kappa shape index (κ2) is 13.9. The summed E-state index contributed by atoms with van der Waals surface area (Å²) in [5, 5.41) is 4.71. The summed E-state index contributed by atoms with van der Waals surface area (Å²) in [6.07, 6.45) is 2.42. The van der Waals surface area contributed by atoms with Crippen molar-refractivity contribution in [3.8, 4) is 16.9 Å². The highest BCUT2D eigenvalue weighted by Crippen LogP contribution is 2.30. The summed E-state index contributed by atoms with van der Waals surface area (Å²) >= 11 is 0. The molecule has 5 aromatic rings. The lowest BCUT2D eigenvalue weighted by molar-refractivity contribution is 0.411. The maximum Gasteiger partial charge on any atom is 0.346 e. The minimum Gasteiger partial charge on any atom is -0.496 e. The highest BCUT2D eigenvalue weighted by molar-refractivity contribution is 7.90. The van der Waals surface area contributed by atoms with E-state index in [1.807, 2.05) is 25.1 Å². The molecule has 1 aromatic heterocycles. The van der Waals surface area contributed by atoms with Gasteiger partial charge in [0.25, 0.3) is 0 Å². The zero-order valence-electron chi connectivity index (χ0n) is 27.4. The normalized spacial score (nSPS) is 11.9. The van der Waals surface area contributed by atoms with Gasteiger partial charge in [-0.1, -0.05) is 93.6 Å². The first-order valence-electron chi connectivity index (χ1n) is 15.8. The van der Waals surface area contributed by atoms with Crippen LogP contribution in [0.5, 0.6) is 5.75 Å². The van der Waals surface area contributed by atoms with E-state index in [0.29, 0.717) is 35.7 Å². The van der Waals surface area contributed by atoms with E-state index in [4.69, 9.17) is 9.84 Å². The highest BCUT2D eigenvalue weighted by Gasteiger charge is 2.19. The number of hydrogen-bond acceptors (Lipinski definition) is 5. The van der Waals surface area contributed by atoms with Crippen molar-refractivity contribution in [1.82, 2.24) is 14.3 Å². The van der Waals surface area contributed by atoms with Gasteiger partial charge in [-0.2, -0.15) is 5.10 Å². The van der Waals surface area contributed by atoms with Crippen molar-refractivity contribution < 1.29 is 13.2 Å². The molecule has 0 spiro atoms. The van der Waals surface area contributed by atoms with Crippen molar-refractivity contribution in [1.29, 1.82) is 0 Å². The van der Waals surface area contributed by atoms with Crippen molar-refractivity contribution >= 4 is 9.84 Å². The van der Waals surface area contributed by atoms with Gasteiger partial charge < -0.3 is 4.74 Å². The fourth-order valence-corrected chi connectivity index (χ4v) is 7.05. The Balaban J connectivity index is 1.24. The van der Waals surface area contributed by atoms with Crippen LogP contribution in [0.3, 0.4) is 0 Å². The number of hydrogen-bond donors (Lipinski definition) is 0. The fraction of sp³-hybridized carbons (Fsp3) is 0.316. The molecule has 0 saturated carbocycles. The van der Waals surface area contributed by atoms with E-state index in [2.05, 4.69) is 69.3 Å². The summed E-state index contributed by atoms with van der Waals surface area (Å²) in [6.45, 7) is 9.60. The number of rotatable bonds is 12. The van der Waals surface area contributed by atoms with E-state index in [-0.39, 0.29) is 16.9 Å². The standard InChI is InChI=1S/C38H43N3O4S/c1-6-40-36(39-41(37(40)42)26-29-17-22-33(23-18-29)38(2,3)4)14-10-11-28-15-19-30(20-16-28)31-21-24-35(45-5)32(25-31)27-46(43,44)34-12-8-7-9-13-34/h7-9,12-13,15-25H,6,10-11,14,26-27H2,1-5H3. The third-order valence-electron chi connectivity index (χ3n) is 8.35. The topological polar surface area (TPSA) is 83.2 Å². The molecule has 5 rings (SSSR count). The Morgan fingerprint density at radius 3 is 2.09 bits per heavy atom. The molecule has 0 N–H and O–H groups in total. The maximum absolute atomic E-state index is 13.1. The van der Waals surface area contributed by atoms with E-state index in [1.54, 1.807) is 46.7 Å². The van der Waals surface area contributed by atoms with Crippen molar-refractivity contribution in [3.63, 3.8) is 0 Å². The Kier molecular flexibility index (Phi) is 9.97. The van der Waals surface area contributed by atoms with Crippen LogP contribution in [0.4, 0.5) is 0 Å². The van der Waals surface area contributed by atoms with Crippen LogP contribution in [0.2, 0.25) is 0 Å². The second-order valence-corrected chi connectivity index (χ2v) is 14.7.